The smallest absolute Gasteiger partial charge is 0.129 e. The maximum atomic E-state index is 5.83. The lowest BCUT2D eigenvalue weighted by Crippen LogP contribution is -2.40. The van der Waals surface area contributed by atoms with Gasteiger partial charge in [0.05, 0.1) is 0 Å². The molecule has 0 N–H and O–H groups in total. The molecule has 0 bridgehead atoms. The first-order valence-corrected chi connectivity index (χ1v) is 7.96. The molecule has 3 rings (SSSR count). The summed E-state index contributed by atoms with van der Waals surface area (Å²) in [4.78, 5) is 6.74. The molecule has 0 amide bonds. The molecule has 1 aromatic heterocycles. The lowest BCUT2D eigenvalue weighted by molar-refractivity contribution is 0.0641. The van der Waals surface area contributed by atoms with E-state index >= 15 is 0 Å². The zero-order valence-corrected chi connectivity index (χ0v) is 12.3. The lowest BCUT2D eigenvalue weighted by Gasteiger charge is -2.44. The number of halogens is 1. The van der Waals surface area contributed by atoms with Gasteiger partial charge in [0.1, 0.15) is 5.15 Å². The van der Waals surface area contributed by atoms with Crippen LogP contribution in [0.4, 0.5) is 0 Å². The van der Waals surface area contributed by atoms with Crippen LogP contribution in [0.15, 0.2) is 18.3 Å². The molecule has 3 heteroatoms. The van der Waals surface area contributed by atoms with E-state index in [4.69, 9.17) is 11.6 Å². The van der Waals surface area contributed by atoms with E-state index in [0.29, 0.717) is 10.6 Å². The molecule has 1 aromatic rings. The molecule has 2 fully saturated rings. The van der Waals surface area contributed by atoms with Crippen LogP contribution in [0.1, 0.15) is 50.5 Å². The predicted octanol–water partition coefficient (Wildman–Crippen LogP) is 4.28. The summed E-state index contributed by atoms with van der Waals surface area (Å²) in [5.41, 5.74) is 1.98. The molecule has 0 radical (unpaired) electrons. The SMILES string of the molecule is Clc1ccc(CN2CCC3(CCCCC3)CC2)cn1. The van der Waals surface area contributed by atoms with Gasteiger partial charge >= 0.3 is 0 Å². The summed E-state index contributed by atoms with van der Waals surface area (Å²) in [5, 5.41) is 0.587. The van der Waals surface area contributed by atoms with Crippen LogP contribution in [0.25, 0.3) is 0 Å². The Hall–Kier alpha value is -0.600. The largest absolute Gasteiger partial charge is 0.299 e. The summed E-state index contributed by atoms with van der Waals surface area (Å²) in [7, 11) is 0. The van der Waals surface area contributed by atoms with Crippen molar-refractivity contribution in [3.63, 3.8) is 0 Å². The van der Waals surface area contributed by atoms with Crippen molar-refractivity contribution in [1.29, 1.82) is 0 Å². The van der Waals surface area contributed by atoms with Crippen molar-refractivity contribution >= 4 is 11.6 Å². The Kier molecular flexibility index (Phi) is 4.09. The van der Waals surface area contributed by atoms with Crippen LogP contribution in [0, 0.1) is 5.41 Å². The second-order valence-corrected chi connectivity index (χ2v) is 6.71. The van der Waals surface area contributed by atoms with Gasteiger partial charge in [-0.25, -0.2) is 4.98 Å². The Morgan fingerprint density at radius 2 is 1.79 bits per heavy atom. The fraction of sp³-hybridized carbons (Fsp3) is 0.688. The van der Waals surface area contributed by atoms with Gasteiger partial charge in [0.2, 0.25) is 0 Å². The van der Waals surface area contributed by atoms with Crippen molar-refractivity contribution in [3.8, 4) is 0 Å². The number of hydrogen-bond acceptors (Lipinski definition) is 2. The molecular weight excluding hydrogens is 256 g/mol. The number of aromatic nitrogens is 1. The number of piperidine rings is 1. The fourth-order valence-corrected chi connectivity index (χ4v) is 3.86. The number of hydrogen-bond donors (Lipinski definition) is 0. The minimum Gasteiger partial charge on any atom is -0.299 e. The van der Waals surface area contributed by atoms with Crippen molar-refractivity contribution in [2.45, 2.75) is 51.5 Å². The van der Waals surface area contributed by atoms with Gasteiger partial charge in [0.15, 0.2) is 0 Å². The summed E-state index contributed by atoms with van der Waals surface area (Å²) in [6.45, 7) is 3.53. The van der Waals surface area contributed by atoms with Crippen LogP contribution in [0.3, 0.4) is 0 Å². The highest BCUT2D eigenvalue weighted by Crippen LogP contribution is 2.44. The van der Waals surface area contributed by atoms with Gasteiger partial charge in [0, 0.05) is 12.7 Å². The molecule has 104 valence electrons. The first-order valence-electron chi connectivity index (χ1n) is 7.59. The van der Waals surface area contributed by atoms with Crippen molar-refractivity contribution in [2.24, 2.45) is 5.41 Å². The van der Waals surface area contributed by atoms with Crippen LogP contribution in [-0.2, 0) is 6.54 Å². The standard InChI is InChI=1S/C16H23ClN2/c17-15-5-4-14(12-18-15)13-19-10-8-16(9-11-19)6-2-1-3-7-16/h4-5,12H,1-3,6-11,13H2. The highest BCUT2D eigenvalue weighted by Gasteiger charge is 2.35. The quantitative estimate of drug-likeness (QED) is 0.751. The van der Waals surface area contributed by atoms with Gasteiger partial charge in [-0.05, 0) is 55.8 Å². The van der Waals surface area contributed by atoms with Gasteiger partial charge in [-0.1, -0.05) is 36.9 Å². The van der Waals surface area contributed by atoms with Gasteiger partial charge in [-0.3, -0.25) is 4.90 Å². The molecule has 1 spiro atoms. The van der Waals surface area contributed by atoms with E-state index in [-0.39, 0.29) is 0 Å². The number of likely N-dealkylation sites (tertiary alicyclic amines) is 1. The fourth-order valence-electron chi connectivity index (χ4n) is 3.75. The Bertz CT molecular complexity index is 399. The van der Waals surface area contributed by atoms with Crippen LogP contribution in [0.5, 0.6) is 0 Å². The van der Waals surface area contributed by atoms with E-state index in [1.165, 1.54) is 63.6 Å². The molecule has 0 aromatic carbocycles. The molecule has 1 aliphatic heterocycles. The average molecular weight is 279 g/mol. The second kappa shape index (κ2) is 5.80. The van der Waals surface area contributed by atoms with Gasteiger partial charge < -0.3 is 0 Å². The van der Waals surface area contributed by atoms with E-state index in [1.807, 2.05) is 12.3 Å². The van der Waals surface area contributed by atoms with E-state index in [9.17, 15) is 0 Å². The van der Waals surface area contributed by atoms with Gasteiger partial charge in [-0.15, -0.1) is 0 Å². The Morgan fingerprint density at radius 1 is 1.05 bits per heavy atom. The minimum absolute atomic E-state index is 0.587. The normalized spacial score (nSPS) is 23.6. The molecule has 1 saturated heterocycles. The first-order chi connectivity index (χ1) is 9.26. The Labute approximate surface area is 121 Å². The zero-order valence-electron chi connectivity index (χ0n) is 11.6. The monoisotopic (exact) mass is 278 g/mol. The van der Waals surface area contributed by atoms with Gasteiger partial charge in [-0.2, -0.15) is 0 Å². The van der Waals surface area contributed by atoms with Crippen molar-refractivity contribution in [2.75, 3.05) is 13.1 Å². The molecule has 2 nitrogen and oxygen atoms in total. The Morgan fingerprint density at radius 3 is 2.42 bits per heavy atom. The lowest BCUT2D eigenvalue weighted by atomic mass is 9.68. The summed E-state index contributed by atoms with van der Waals surface area (Å²) >= 11 is 5.83. The van der Waals surface area contributed by atoms with E-state index in [2.05, 4.69) is 16.0 Å². The van der Waals surface area contributed by atoms with E-state index < -0.39 is 0 Å². The molecule has 0 atom stereocenters. The highest BCUT2D eigenvalue weighted by atomic mass is 35.5. The number of pyridine rings is 1. The summed E-state index contributed by atoms with van der Waals surface area (Å²) < 4.78 is 0. The second-order valence-electron chi connectivity index (χ2n) is 6.33. The molecule has 1 aliphatic carbocycles. The zero-order chi connectivity index (χ0) is 13.1. The Balaban J connectivity index is 1.54. The summed E-state index contributed by atoms with van der Waals surface area (Å²) in [6.07, 6.45) is 12.0. The number of rotatable bonds is 2. The molecular formula is C16H23ClN2. The molecule has 19 heavy (non-hydrogen) atoms. The maximum absolute atomic E-state index is 5.83. The van der Waals surface area contributed by atoms with E-state index in [0.717, 1.165) is 6.54 Å². The third-order valence-corrected chi connectivity index (χ3v) is 5.25. The van der Waals surface area contributed by atoms with Crippen molar-refractivity contribution in [3.05, 3.63) is 29.0 Å². The third kappa shape index (κ3) is 3.29. The number of nitrogens with zero attached hydrogens (tertiary/aromatic N) is 2. The summed E-state index contributed by atoms with van der Waals surface area (Å²) in [5.74, 6) is 0. The van der Waals surface area contributed by atoms with Gasteiger partial charge in [0.25, 0.3) is 0 Å². The van der Waals surface area contributed by atoms with Crippen LogP contribution >= 0.6 is 11.6 Å². The summed E-state index contributed by atoms with van der Waals surface area (Å²) in [6, 6.07) is 3.99. The predicted molar refractivity (Wildman–Crippen MR) is 79.3 cm³/mol. The van der Waals surface area contributed by atoms with Crippen LogP contribution in [-0.4, -0.2) is 23.0 Å². The van der Waals surface area contributed by atoms with Crippen molar-refractivity contribution in [1.82, 2.24) is 9.88 Å². The minimum atomic E-state index is 0.587. The molecule has 2 heterocycles. The topological polar surface area (TPSA) is 16.1 Å². The first kappa shape index (κ1) is 13.4. The molecule has 1 saturated carbocycles. The molecule has 2 aliphatic rings. The molecule has 0 unspecified atom stereocenters. The van der Waals surface area contributed by atoms with Crippen molar-refractivity contribution < 1.29 is 0 Å². The third-order valence-electron chi connectivity index (χ3n) is 5.03. The highest BCUT2D eigenvalue weighted by molar-refractivity contribution is 6.29. The van der Waals surface area contributed by atoms with E-state index in [1.54, 1.807) is 0 Å². The maximum Gasteiger partial charge on any atom is 0.129 e. The average Bonchev–Trinajstić information content (AvgIpc) is 2.45. The van der Waals surface area contributed by atoms with Crippen LogP contribution in [0.2, 0.25) is 5.15 Å². The van der Waals surface area contributed by atoms with Crippen LogP contribution < -0.4 is 0 Å².